The number of amides is 1. The minimum absolute atomic E-state index is 0.303. The molecule has 0 radical (unpaired) electrons. The van der Waals surface area contributed by atoms with E-state index in [0.29, 0.717) is 19.7 Å². The first kappa shape index (κ1) is 18.4. The van der Waals surface area contributed by atoms with Gasteiger partial charge >= 0.3 is 12.1 Å². The van der Waals surface area contributed by atoms with Crippen molar-refractivity contribution in [2.24, 2.45) is 0 Å². The minimum Gasteiger partial charge on any atom is -0.481 e. The number of ketones is 1. The number of carboxylic acids is 1. The van der Waals surface area contributed by atoms with Gasteiger partial charge < -0.3 is 24.8 Å². The highest BCUT2D eigenvalue weighted by Crippen LogP contribution is 2.15. The SMILES string of the molecule is CN(C(=O)OC(C)(C)C)C(CC(=O)O)C(=O)C1CNCCO1. The van der Waals surface area contributed by atoms with E-state index in [-0.39, 0.29) is 0 Å². The quantitative estimate of drug-likeness (QED) is 0.749. The molecule has 1 aliphatic heterocycles. The molecule has 8 heteroatoms. The number of nitrogens with zero attached hydrogens (tertiary/aromatic N) is 1. The van der Waals surface area contributed by atoms with E-state index in [1.54, 1.807) is 20.8 Å². The number of likely N-dealkylation sites (N-methyl/N-ethyl adjacent to an activating group) is 1. The maximum Gasteiger partial charge on any atom is 0.410 e. The van der Waals surface area contributed by atoms with Crippen LogP contribution in [0.25, 0.3) is 0 Å². The van der Waals surface area contributed by atoms with Crippen LogP contribution in [-0.4, -0.2) is 72.3 Å². The summed E-state index contributed by atoms with van der Waals surface area (Å²) in [5.41, 5.74) is -0.731. The zero-order valence-electron chi connectivity index (χ0n) is 13.4. The molecule has 1 fully saturated rings. The zero-order chi connectivity index (χ0) is 16.9. The van der Waals surface area contributed by atoms with Gasteiger partial charge in [-0.1, -0.05) is 0 Å². The van der Waals surface area contributed by atoms with E-state index < -0.39 is 42.0 Å². The van der Waals surface area contributed by atoms with Crippen molar-refractivity contribution in [3.05, 3.63) is 0 Å². The van der Waals surface area contributed by atoms with E-state index in [4.69, 9.17) is 14.6 Å². The number of ether oxygens (including phenoxy) is 2. The first-order chi connectivity index (χ1) is 10.1. The van der Waals surface area contributed by atoms with Crippen LogP contribution in [0.15, 0.2) is 0 Å². The lowest BCUT2D eigenvalue weighted by Gasteiger charge is -2.32. The third kappa shape index (κ3) is 5.61. The lowest BCUT2D eigenvalue weighted by atomic mass is 10.0. The Kier molecular flexibility index (Phi) is 6.31. The van der Waals surface area contributed by atoms with Crippen LogP contribution in [-0.2, 0) is 19.1 Å². The van der Waals surface area contributed by atoms with Gasteiger partial charge in [0.25, 0.3) is 0 Å². The molecule has 1 rings (SSSR count). The molecule has 22 heavy (non-hydrogen) atoms. The Hall–Kier alpha value is -1.67. The predicted molar refractivity (Wildman–Crippen MR) is 77.7 cm³/mol. The largest absolute Gasteiger partial charge is 0.481 e. The highest BCUT2D eigenvalue weighted by Gasteiger charge is 2.36. The highest BCUT2D eigenvalue weighted by molar-refractivity contribution is 5.93. The maximum absolute atomic E-state index is 12.5. The summed E-state index contributed by atoms with van der Waals surface area (Å²) in [4.78, 5) is 36.6. The van der Waals surface area contributed by atoms with Gasteiger partial charge in [0.15, 0.2) is 5.78 Å². The van der Waals surface area contributed by atoms with Gasteiger partial charge in [0, 0.05) is 20.1 Å². The normalized spacial score (nSPS) is 20.1. The standard InChI is InChI=1S/C14H24N2O6/c1-14(2,3)22-13(20)16(4)9(7-11(17)18)12(19)10-8-15-5-6-21-10/h9-10,15H,5-8H2,1-4H3,(H,17,18). The number of morpholine rings is 1. The summed E-state index contributed by atoms with van der Waals surface area (Å²) < 4.78 is 10.5. The number of carboxylic acid groups (broad SMARTS) is 1. The van der Waals surface area contributed by atoms with E-state index >= 15 is 0 Å². The van der Waals surface area contributed by atoms with Gasteiger partial charge in [0.2, 0.25) is 0 Å². The Morgan fingerprint density at radius 1 is 1.41 bits per heavy atom. The smallest absolute Gasteiger partial charge is 0.410 e. The van der Waals surface area contributed by atoms with Gasteiger partial charge in [-0.25, -0.2) is 4.79 Å². The van der Waals surface area contributed by atoms with E-state index in [9.17, 15) is 14.4 Å². The van der Waals surface area contributed by atoms with Crippen LogP contribution in [0.2, 0.25) is 0 Å². The average molecular weight is 316 g/mol. The second kappa shape index (κ2) is 7.55. The monoisotopic (exact) mass is 316 g/mol. The molecule has 2 N–H and O–H groups in total. The minimum atomic E-state index is -1.17. The van der Waals surface area contributed by atoms with Crippen molar-refractivity contribution < 1.29 is 29.0 Å². The van der Waals surface area contributed by atoms with E-state index in [1.807, 2.05) is 0 Å². The summed E-state index contributed by atoms with van der Waals surface area (Å²) in [5.74, 6) is -1.61. The molecule has 0 bridgehead atoms. The first-order valence-corrected chi connectivity index (χ1v) is 7.15. The second-order valence-corrected chi connectivity index (χ2v) is 6.17. The fourth-order valence-corrected chi connectivity index (χ4v) is 2.02. The summed E-state index contributed by atoms with van der Waals surface area (Å²) >= 11 is 0. The molecule has 2 atom stereocenters. The van der Waals surface area contributed by atoms with Gasteiger partial charge in [0.05, 0.1) is 13.0 Å². The molecule has 1 saturated heterocycles. The number of carbonyl (C=O) groups excluding carboxylic acids is 2. The van der Waals surface area contributed by atoms with Crippen molar-refractivity contribution in [3.63, 3.8) is 0 Å². The van der Waals surface area contributed by atoms with Crippen LogP contribution in [0.1, 0.15) is 27.2 Å². The highest BCUT2D eigenvalue weighted by atomic mass is 16.6. The third-order valence-corrected chi connectivity index (χ3v) is 3.09. The van der Waals surface area contributed by atoms with Crippen molar-refractivity contribution in [3.8, 4) is 0 Å². The molecule has 1 heterocycles. The molecule has 2 unspecified atom stereocenters. The first-order valence-electron chi connectivity index (χ1n) is 7.15. The van der Waals surface area contributed by atoms with Gasteiger partial charge in [0.1, 0.15) is 17.7 Å². The average Bonchev–Trinajstić information content (AvgIpc) is 2.42. The fraction of sp³-hybridized carbons (Fsp3) is 0.786. The summed E-state index contributed by atoms with van der Waals surface area (Å²) in [6, 6.07) is -1.13. The molecule has 0 saturated carbocycles. The number of nitrogens with one attached hydrogen (secondary N) is 1. The van der Waals surface area contributed by atoms with Crippen molar-refractivity contribution in [2.75, 3.05) is 26.7 Å². The Morgan fingerprint density at radius 3 is 2.50 bits per heavy atom. The predicted octanol–water partition coefficient (Wildman–Crippen LogP) is 0.254. The molecule has 0 spiro atoms. The van der Waals surface area contributed by atoms with Gasteiger partial charge in [-0.2, -0.15) is 0 Å². The second-order valence-electron chi connectivity index (χ2n) is 6.17. The summed E-state index contributed by atoms with van der Waals surface area (Å²) in [6.45, 7) is 6.39. The van der Waals surface area contributed by atoms with Gasteiger partial charge in [-0.15, -0.1) is 0 Å². The molecular weight excluding hydrogens is 292 g/mol. The van der Waals surface area contributed by atoms with Crippen LogP contribution in [0.3, 0.4) is 0 Å². The molecule has 8 nitrogen and oxygen atoms in total. The van der Waals surface area contributed by atoms with Crippen molar-refractivity contribution >= 4 is 17.8 Å². The number of hydrogen-bond acceptors (Lipinski definition) is 6. The topological polar surface area (TPSA) is 105 Å². The van der Waals surface area contributed by atoms with Crippen molar-refractivity contribution in [1.29, 1.82) is 0 Å². The molecule has 0 aliphatic carbocycles. The van der Waals surface area contributed by atoms with E-state index in [2.05, 4.69) is 5.32 Å². The van der Waals surface area contributed by atoms with Crippen LogP contribution in [0.4, 0.5) is 4.79 Å². The maximum atomic E-state index is 12.5. The van der Waals surface area contributed by atoms with Gasteiger partial charge in [-0.3, -0.25) is 9.59 Å². The Bertz CT molecular complexity index is 426. The number of hydrogen-bond donors (Lipinski definition) is 2. The number of aliphatic carboxylic acids is 1. The van der Waals surface area contributed by atoms with Crippen molar-refractivity contribution in [1.82, 2.24) is 10.2 Å². The number of Topliss-reactive ketones (excluding diaryl/α,β-unsaturated/α-hetero) is 1. The summed E-state index contributed by atoms with van der Waals surface area (Å²) in [5, 5.41) is 12.0. The molecule has 0 aromatic heterocycles. The van der Waals surface area contributed by atoms with E-state index in [1.165, 1.54) is 7.05 Å². The summed E-state index contributed by atoms with van der Waals surface area (Å²) in [7, 11) is 1.36. The molecular formula is C14H24N2O6. The molecule has 0 aromatic rings. The third-order valence-electron chi connectivity index (χ3n) is 3.09. The number of rotatable bonds is 5. The van der Waals surface area contributed by atoms with Crippen molar-refractivity contribution in [2.45, 2.75) is 44.9 Å². The van der Waals surface area contributed by atoms with Crippen LogP contribution in [0.5, 0.6) is 0 Å². The zero-order valence-corrected chi connectivity index (χ0v) is 13.4. The fourth-order valence-electron chi connectivity index (χ4n) is 2.02. The Labute approximate surface area is 129 Å². The van der Waals surface area contributed by atoms with Gasteiger partial charge in [-0.05, 0) is 20.8 Å². The summed E-state index contributed by atoms with van der Waals surface area (Å²) in [6.07, 6.45) is -1.99. The molecule has 1 amide bonds. The number of carbonyl (C=O) groups is 3. The molecule has 126 valence electrons. The lowest BCUT2D eigenvalue weighted by Crippen LogP contribution is -2.53. The van der Waals surface area contributed by atoms with Crippen LogP contribution >= 0.6 is 0 Å². The lowest BCUT2D eigenvalue weighted by molar-refractivity contribution is -0.145. The Morgan fingerprint density at radius 2 is 2.05 bits per heavy atom. The Balaban J connectivity index is 2.84. The van der Waals surface area contributed by atoms with Crippen LogP contribution in [0, 0.1) is 0 Å². The van der Waals surface area contributed by atoms with E-state index in [0.717, 1.165) is 4.90 Å². The molecule has 1 aliphatic rings. The molecule has 0 aromatic carbocycles. The van der Waals surface area contributed by atoms with Crippen LogP contribution < -0.4 is 5.32 Å².